The van der Waals surface area contributed by atoms with Crippen molar-refractivity contribution in [2.24, 2.45) is 0 Å². The summed E-state index contributed by atoms with van der Waals surface area (Å²) in [4.78, 5) is 25.5. The van der Waals surface area contributed by atoms with Crippen LogP contribution in [0.1, 0.15) is 24.9 Å². The van der Waals surface area contributed by atoms with Gasteiger partial charge in [0.2, 0.25) is 5.78 Å². The molecule has 0 aliphatic carbocycles. The lowest BCUT2D eigenvalue weighted by molar-refractivity contribution is 0.0474. The molecule has 1 aromatic carbocycles. The third-order valence-electron chi connectivity index (χ3n) is 2.74. The zero-order valence-corrected chi connectivity index (χ0v) is 13.9. The van der Waals surface area contributed by atoms with Gasteiger partial charge in [-0.3, -0.25) is 4.79 Å². The number of methoxy groups -OCH3 is 1. The highest BCUT2D eigenvalue weighted by Gasteiger charge is 2.16. The summed E-state index contributed by atoms with van der Waals surface area (Å²) in [6.45, 7) is 1.64. The van der Waals surface area contributed by atoms with Crippen molar-refractivity contribution in [3.8, 4) is 5.75 Å². The van der Waals surface area contributed by atoms with Gasteiger partial charge in [-0.1, -0.05) is 0 Å². The number of hydrogen-bond acceptors (Lipinski definition) is 5. The van der Waals surface area contributed by atoms with Gasteiger partial charge < -0.3 is 9.47 Å². The molecule has 0 spiro atoms. The molecule has 0 aliphatic rings. The number of esters is 1. The van der Waals surface area contributed by atoms with E-state index >= 15 is 0 Å². The Bertz CT molecular complexity index is 678. The van der Waals surface area contributed by atoms with Gasteiger partial charge in [0.25, 0.3) is 0 Å². The topological polar surface area (TPSA) is 52.6 Å². The number of thiophene rings is 1. The first-order valence-corrected chi connectivity index (χ1v) is 7.72. The van der Waals surface area contributed by atoms with Crippen molar-refractivity contribution in [3.63, 3.8) is 0 Å². The van der Waals surface area contributed by atoms with Crippen LogP contribution in [0.15, 0.2) is 34.8 Å². The second-order valence-electron chi connectivity index (χ2n) is 4.26. The molecule has 6 heteroatoms. The number of halogens is 1. The van der Waals surface area contributed by atoms with Crippen LogP contribution in [0.3, 0.4) is 0 Å². The van der Waals surface area contributed by atoms with E-state index < -0.39 is 5.97 Å². The summed E-state index contributed by atoms with van der Waals surface area (Å²) in [7, 11) is 1.51. The van der Waals surface area contributed by atoms with E-state index in [0.29, 0.717) is 20.7 Å². The van der Waals surface area contributed by atoms with Gasteiger partial charge in [-0.25, -0.2) is 4.79 Å². The molecule has 0 saturated carbocycles. The van der Waals surface area contributed by atoms with Gasteiger partial charge in [-0.05, 0) is 53.2 Å². The average molecular weight is 369 g/mol. The van der Waals surface area contributed by atoms with Crippen LogP contribution >= 0.6 is 27.3 Å². The Kier molecular flexibility index (Phi) is 5.14. The molecule has 110 valence electrons. The molecule has 2 rings (SSSR count). The first kappa shape index (κ1) is 15.7. The van der Waals surface area contributed by atoms with Crippen molar-refractivity contribution in [3.05, 3.63) is 50.1 Å². The highest BCUT2D eigenvalue weighted by molar-refractivity contribution is 9.10. The molecule has 4 nitrogen and oxygen atoms in total. The van der Waals surface area contributed by atoms with Gasteiger partial charge in [0.1, 0.15) is 5.75 Å². The Morgan fingerprint density at radius 2 is 2.00 bits per heavy atom. The van der Waals surface area contributed by atoms with Crippen molar-refractivity contribution in [2.45, 2.75) is 6.92 Å². The highest BCUT2D eigenvalue weighted by Crippen LogP contribution is 2.23. The maximum Gasteiger partial charge on any atom is 0.339 e. The molecule has 0 fully saturated rings. The molecule has 21 heavy (non-hydrogen) atoms. The monoisotopic (exact) mass is 368 g/mol. The van der Waals surface area contributed by atoms with E-state index in [-0.39, 0.29) is 12.4 Å². The third kappa shape index (κ3) is 3.92. The van der Waals surface area contributed by atoms with Crippen LogP contribution in [0.25, 0.3) is 0 Å². The summed E-state index contributed by atoms with van der Waals surface area (Å²) < 4.78 is 10.7. The number of carbonyl (C=O) groups excluding carboxylic acids is 2. The molecule has 1 heterocycles. The minimum atomic E-state index is -0.567. The molecule has 1 aromatic heterocycles. The van der Waals surface area contributed by atoms with Crippen molar-refractivity contribution < 1.29 is 19.1 Å². The lowest BCUT2D eigenvalue weighted by Gasteiger charge is -2.07. The van der Waals surface area contributed by atoms with Gasteiger partial charge in [0.15, 0.2) is 6.61 Å². The van der Waals surface area contributed by atoms with Gasteiger partial charge in [0, 0.05) is 9.35 Å². The van der Waals surface area contributed by atoms with Crippen molar-refractivity contribution >= 4 is 39.0 Å². The Morgan fingerprint density at radius 3 is 2.62 bits per heavy atom. The SMILES string of the molecule is COc1ccc(Br)c(C(=O)OCC(=O)c2ccc(C)s2)c1. The molecule has 0 bridgehead atoms. The lowest BCUT2D eigenvalue weighted by atomic mass is 10.2. The molecule has 0 aliphatic heterocycles. The summed E-state index contributed by atoms with van der Waals surface area (Å²) in [6, 6.07) is 8.57. The number of hydrogen-bond donors (Lipinski definition) is 0. The van der Waals surface area contributed by atoms with Gasteiger partial charge in [-0.2, -0.15) is 0 Å². The molecule has 0 saturated heterocycles. The molecule has 0 radical (unpaired) electrons. The minimum Gasteiger partial charge on any atom is -0.497 e. The fourth-order valence-electron chi connectivity index (χ4n) is 1.65. The Hall–Kier alpha value is -1.66. The number of rotatable bonds is 5. The summed E-state index contributed by atoms with van der Waals surface area (Å²) >= 11 is 4.66. The van der Waals surface area contributed by atoms with Crippen LogP contribution in [0.2, 0.25) is 0 Å². The summed E-state index contributed by atoms with van der Waals surface area (Å²) in [5.41, 5.74) is 0.324. The Labute approximate surface area is 134 Å². The molecule has 0 unspecified atom stereocenters. The van der Waals surface area contributed by atoms with Crippen molar-refractivity contribution in [2.75, 3.05) is 13.7 Å². The highest BCUT2D eigenvalue weighted by atomic mass is 79.9. The van der Waals surface area contributed by atoms with E-state index in [4.69, 9.17) is 9.47 Å². The first-order chi connectivity index (χ1) is 10.0. The second kappa shape index (κ2) is 6.87. The molecular formula is C15H13BrO4S. The van der Waals surface area contributed by atoms with Gasteiger partial charge in [0.05, 0.1) is 17.6 Å². The largest absolute Gasteiger partial charge is 0.497 e. The summed E-state index contributed by atoms with van der Waals surface area (Å²) in [5.74, 6) is -0.228. The Morgan fingerprint density at radius 1 is 1.24 bits per heavy atom. The zero-order valence-electron chi connectivity index (χ0n) is 11.5. The molecule has 0 N–H and O–H groups in total. The van der Waals surface area contributed by atoms with Crippen LogP contribution in [-0.2, 0) is 4.74 Å². The quantitative estimate of drug-likeness (QED) is 0.593. The average Bonchev–Trinajstić information content (AvgIpc) is 2.91. The number of ketones is 1. The fourth-order valence-corrected chi connectivity index (χ4v) is 2.85. The predicted molar refractivity (Wildman–Crippen MR) is 84.4 cm³/mol. The van der Waals surface area contributed by atoms with Gasteiger partial charge >= 0.3 is 5.97 Å². The van der Waals surface area contributed by atoms with Gasteiger partial charge in [-0.15, -0.1) is 11.3 Å². The predicted octanol–water partition coefficient (Wildman–Crippen LogP) is 3.87. The van der Waals surface area contributed by atoms with Crippen LogP contribution in [0, 0.1) is 6.92 Å². The third-order valence-corrected chi connectivity index (χ3v) is 4.48. The number of Topliss-reactive ketones (excluding diaryl/α,β-unsaturated/α-hetero) is 1. The smallest absolute Gasteiger partial charge is 0.339 e. The molecule has 2 aromatic rings. The lowest BCUT2D eigenvalue weighted by Crippen LogP contribution is -2.14. The van der Waals surface area contributed by atoms with E-state index in [2.05, 4.69) is 15.9 Å². The maximum atomic E-state index is 12.0. The van der Waals surface area contributed by atoms with Crippen LogP contribution in [-0.4, -0.2) is 25.5 Å². The zero-order chi connectivity index (χ0) is 15.4. The fraction of sp³-hybridized carbons (Fsp3) is 0.200. The van der Waals surface area contributed by atoms with Crippen LogP contribution < -0.4 is 4.74 Å². The standard InChI is InChI=1S/C15H13BrO4S/c1-9-3-6-14(21-9)13(17)8-20-15(18)11-7-10(19-2)4-5-12(11)16/h3-7H,8H2,1-2H3. The Balaban J connectivity index is 2.03. The van der Waals surface area contributed by atoms with E-state index in [0.717, 1.165) is 4.88 Å². The molecular weight excluding hydrogens is 356 g/mol. The summed E-state index contributed by atoms with van der Waals surface area (Å²) in [6.07, 6.45) is 0. The van der Waals surface area contributed by atoms with Crippen molar-refractivity contribution in [1.82, 2.24) is 0 Å². The van der Waals surface area contributed by atoms with E-state index in [1.54, 1.807) is 24.3 Å². The van der Waals surface area contributed by atoms with E-state index in [1.165, 1.54) is 18.4 Å². The van der Waals surface area contributed by atoms with E-state index in [9.17, 15) is 9.59 Å². The minimum absolute atomic E-state index is 0.208. The number of carbonyl (C=O) groups is 2. The normalized spacial score (nSPS) is 10.2. The van der Waals surface area contributed by atoms with Crippen molar-refractivity contribution in [1.29, 1.82) is 0 Å². The number of benzene rings is 1. The van der Waals surface area contributed by atoms with Crippen LogP contribution in [0.5, 0.6) is 5.75 Å². The maximum absolute atomic E-state index is 12.0. The van der Waals surface area contributed by atoms with E-state index in [1.807, 2.05) is 13.0 Å². The second-order valence-corrected chi connectivity index (χ2v) is 6.40. The molecule has 0 atom stereocenters. The summed E-state index contributed by atoms with van der Waals surface area (Å²) in [5, 5.41) is 0. The van der Waals surface area contributed by atoms with Crippen LogP contribution in [0.4, 0.5) is 0 Å². The number of aryl methyl sites for hydroxylation is 1. The first-order valence-electron chi connectivity index (χ1n) is 6.11. The number of ether oxygens (including phenoxy) is 2. The molecule has 0 amide bonds.